The molecular weight excluding hydrogens is 404 g/mol. The summed E-state index contributed by atoms with van der Waals surface area (Å²) >= 11 is 0. The van der Waals surface area contributed by atoms with E-state index in [0.29, 0.717) is 17.0 Å². The van der Waals surface area contributed by atoms with Gasteiger partial charge in [0.2, 0.25) is 11.7 Å². The molecule has 0 amide bonds. The SMILES string of the molecule is COC1=CC=C/C(=C\c2c(O)nc3nc(-c4ccccc4)c(-c4ccccc4)nn23)C1=O. The van der Waals surface area contributed by atoms with Crippen molar-refractivity contribution >= 4 is 17.6 Å². The Bertz CT molecular complexity index is 1420. The van der Waals surface area contributed by atoms with E-state index in [2.05, 4.69) is 4.98 Å². The van der Waals surface area contributed by atoms with Gasteiger partial charge in [-0.1, -0.05) is 72.8 Å². The van der Waals surface area contributed by atoms with E-state index in [1.54, 1.807) is 18.2 Å². The Morgan fingerprint density at radius 2 is 1.59 bits per heavy atom. The van der Waals surface area contributed by atoms with Crippen LogP contribution in [-0.4, -0.2) is 37.6 Å². The molecule has 0 radical (unpaired) electrons. The van der Waals surface area contributed by atoms with Crippen LogP contribution in [0.3, 0.4) is 0 Å². The number of hydrogen-bond donors (Lipinski definition) is 1. The van der Waals surface area contributed by atoms with Gasteiger partial charge < -0.3 is 9.84 Å². The largest absolute Gasteiger partial charge is 0.493 e. The Kier molecular flexibility index (Phi) is 4.84. The lowest BCUT2D eigenvalue weighted by atomic mass is 10.0. The summed E-state index contributed by atoms with van der Waals surface area (Å²) in [6, 6.07) is 19.3. The molecular formula is C25H18N4O3. The van der Waals surface area contributed by atoms with Crippen LogP contribution < -0.4 is 0 Å². The fourth-order valence-electron chi connectivity index (χ4n) is 3.54. The van der Waals surface area contributed by atoms with Gasteiger partial charge >= 0.3 is 0 Å². The Morgan fingerprint density at radius 3 is 2.25 bits per heavy atom. The highest BCUT2D eigenvalue weighted by Gasteiger charge is 2.21. The summed E-state index contributed by atoms with van der Waals surface area (Å²) in [7, 11) is 1.44. The lowest BCUT2D eigenvalue weighted by Crippen LogP contribution is -2.09. The number of ketones is 1. The third-order valence-corrected chi connectivity index (χ3v) is 5.10. The van der Waals surface area contributed by atoms with Gasteiger partial charge in [0.05, 0.1) is 7.11 Å². The van der Waals surface area contributed by atoms with E-state index >= 15 is 0 Å². The van der Waals surface area contributed by atoms with Gasteiger partial charge in [-0.2, -0.15) is 14.6 Å². The third-order valence-electron chi connectivity index (χ3n) is 5.10. The van der Waals surface area contributed by atoms with Gasteiger partial charge in [-0.3, -0.25) is 4.79 Å². The smallest absolute Gasteiger partial charge is 0.255 e. The number of rotatable bonds is 4. The van der Waals surface area contributed by atoms with Gasteiger partial charge in [0.1, 0.15) is 17.1 Å². The molecule has 4 aromatic rings. The highest BCUT2D eigenvalue weighted by Crippen LogP contribution is 2.31. The minimum Gasteiger partial charge on any atom is -0.493 e. The first-order valence-electron chi connectivity index (χ1n) is 9.95. The van der Waals surface area contributed by atoms with Crippen LogP contribution in [0.5, 0.6) is 5.88 Å². The zero-order valence-electron chi connectivity index (χ0n) is 17.1. The summed E-state index contributed by atoms with van der Waals surface area (Å²) < 4.78 is 6.57. The van der Waals surface area contributed by atoms with Crippen LogP contribution in [0, 0.1) is 0 Å². The average Bonchev–Trinajstić information content (AvgIpc) is 3.14. The molecule has 0 saturated carbocycles. The minimum absolute atomic E-state index is 0.217. The molecule has 7 nitrogen and oxygen atoms in total. The molecule has 5 rings (SSSR count). The van der Waals surface area contributed by atoms with Crippen LogP contribution in [0.4, 0.5) is 0 Å². The van der Waals surface area contributed by atoms with Crippen molar-refractivity contribution < 1.29 is 14.6 Å². The minimum atomic E-state index is -0.290. The first kappa shape index (κ1) is 19.4. The van der Waals surface area contributed by atoms with Crippen molar-refractivity contribution in [2.45, 2.75) is 0 Å². The summed E-state index contributed by atoms with van der Waals surface area (Å²) in [5.41, 5.74) is 3.62. The number of ether oxygens (including phenoxy) is 1. The number of aromatic hydroxyl groups is 1. The maximum atomic E-state index is 12.6. The van der Waals surface area contributed by atoms with Gasteiger partial charge in [0.25, 0.3) is 5.78 Å². The van der Waals surface area contributed by atoms with Gasteiger partial charge in [-0.15, -0.1) is 0 Å². The van der Waals surface area contributed by atoms with E-state index in [0.717, 1.165) is 11.1 Å². The molecule has 2 heterocycles. The van der Waals surface area contributed by atoms with Crippen LogP contribution >= 0.6 is 0 Å². The summed E-state index contributed by atoms with van der Waals surface area (Å²) in [6.07, 6.45) is 6.48. The molecule has 7 heteroatoms. The van der Waals surface area contributed by atoms with Crippen molar-refractivity contribution in [3.8, 4) is 28.4 Å². The van der Waals surface area contributed by atoms with Crippen LogP contribution in [-0.2, 0) is 9.53 Å². The Morgan fingerprint density at radius 1 is 0.938 bits per heavy atom. The number of hydrogen-bond acceptors (Lipinski definition) is 6. The molecule has 1 N–H and O–H groups in total. The Hall–Kier alpha value is -4.52. The zero-order valence-corrected chi connectivity index (χ0v) is 17.1. The van der Waals surface area contributed by atoms with Crippen LogP contribution in [0.15, 0.2) is 90.2 Å². The van der Waals surface area contributed by atoms with E-state index < -0.39 is 0 Å². The van der Waals surface area contributed by atoms with Gasteiger partial charge in [-0.25, -0.2) is 4.98 Å². The lowest BCUT2D eigenvalue weighted by Gasteiger charge is -2.10. The molecule has 0 spiro atoms. The number of benzene rings is 2. The van der Waals surface area contributed by atoms with Crippen LogP contribution in [0.2, 0.25) is 0 Å². The molecule has 0 atom stereocenters. The predicted octanol–water partition coefficient (Wildman–Crippen LogP) is 4.22. The van der Waals surface area contributed by atoms with E-state index in [4.69, 9.17) is 14.8 Å². The first-order chi connectivity index (χ1) is 15.7. The molecule has 0 unspecified atom stereocenters. The second-order valence-electron chi connectivity index (χ2n) is 7.10. The van der Waals surface area contributed by atoms with E-state index in [1.807, 2.05) is 60.7 Å². The Balaban J connectivity index is 1.73. The third kappa shape index (κ3) is 3.35. The summed E-state index contributed by atoms with van der Waals surface area (Å²) in [4.78, 5) is 21.5. The molecule has 2 aromatic heterocycles. The predicted molar refractivity (Wildman–Crippen MR) is 121 cm³/mol. The summed E-state index contributed by atoms with van der Waals surface area (Å²) in [5.74, 6) is -0.116. The van der Waals surface area contributed by atoms with Crippen LogP contribution in [0.25, 0.3) is 34.4 Å². The van der Waals surface area contributed by atoms with Crippen molar-refractivity contribution in [1.29, 1.82) is 0 Å². The number of imidazole rings is 1. The molecule has 32 heavy (non-hydrogen) atoms. The summed E-state index contributed by atoms with van der Waals surface area (Å²) in [5, 5.41) is 15.3. The maximum absolute atomic E-state index is 12.6. The average molecular weight is 422 g/mol. The normalized spacial score (nSPS) is 14.7. The van der Waals surface area contributed by atoms with E-state index in [1.165, 1.54) is 17.7 Å². The first-order valence-corrected chi connectivity index (χ1v) is 9.95. The number of carbonyl (C=O) groups excluding carboxylic acids is 1. The van der Waals surface area contributed by atoms with Crippen LogP contribution in [0.1, 0.15) is 5.69 Å². The lowest BCUT2D eigenvalue weighted by molar-refractivity contribution is -0.114. The number of aromatic nitrogens is 4. The molecule has 0 bridgehead atoms. The molecule has 0 aliphatic heterocycles. The number of allylic oxidation sites excluding steroid dienone is 4. The molecule has 0 fully saturated rings. The maximum Gasteiger partial charge on any atom is 0.255 e. The number of methoxy groups -OCH3 is 1. The number of carbonyl (C=O) groups is 1. The Labute approximate surface area is 183 Å². The van der Waals surface area contributed by atoms with E-state index in [-0.39, 0.29) is 28.9 Å². The number of fused-ring (bicyclic) bond motifs is 1. The highest BCUT2D eigenvalue weighted by atomic mass is 16.5. The van der Waals surface area contributed by atoms with Gasteiger partial charge in [-0.05, 0) is 12.2 Å². The zero-order chi connectivity index (χ0) is 22.1. The molecule has 1 aliphatic carbocycles. The highest BCUT2D eigenvalue weighted by molar-refractivity contribution is 6.13. The van der Waals surface area contributed by atoms with Crippen molar-refractivity contribution in [2.24, 2.45) is 0 Å². The fourth-order valence-corrected chi connectivity index (χ4v) is 3.54. The van der Waals surface area contributed by atoms with E-state index in [9.17, 15) is 9.90 Å². The standard InChI is InChI=1S/C25H18N4O3/c1-32-20-14-8-13-18(23(20)30)15-19-24(31)27-25-26-21(16-9-4-2-5-10-16)22(28-29(19)25)17-11-6-3-7-12-17/h2-15,31H,1H3/b18-15+. The molecule has 156 valence electrons. The quantitative estimate of drug-likeness (QED) is 0.496. The van der Waals surface area contributed by atoms with Gasteiger partial charge in [0, 0.05) is 16.7 Å². The second-order valence-corrected chi connectivity index (χ2v) is 7.10. The second kappa shape index (κ2) is 7.96. The summed E-state index contributed by atoms with van der Waals surface area (Å²) in [6.45, 7) is 0. The molecule has 0 saturated heterocycles. The molecule has 2 aromatic carbocycles. The van der Waals surface area contributed by atoms with Crippen molar-refractivity contribution in [3.05, 3.63) is 95.9 Å². The molecule has 1 aliphatic rings. The van der Waals surface area contributed by atoms with Crippen molar-refractivity contribution in [1.82, 2.24) is 19.6 Å². The monoisotopic (exact) mass is 422 g/mol. The topological polar surface area (TPSA) is 89.6 Å². The van der Waals surface area contributed by atoms with Gasteiger partial charge in [0.15, 0.2) is 5.76 Å². The van der Waals surface area contributed by atoms with Crippen molar-refractivity contribution in [3.63, 3.8) is 0 Å². The van der Waals surface area contributed by atoms with Crippen molar-refractivity contribution in [2.75, 3.05) is 7.11 Å². The number of Topliss-reactive ketones (excluding diaryl/α,β-unsaturated/α-hetero) is 1. The fraction of sp³-hybridized carbons (Fsp3) is 0.0400. The number of nitrogens with zero attached hydrogens (tertiary/aromatic N) is 4.